The summed E-state index contributed by atoms with van der Waals surface area (Å²) in [6.45, 7) is -0.333. The van der Waals surface area contributed by atoms with Gasteiger partial charge < -0.3 is 10.1 Å². The Morgan fingerprint density at radius 1 is 1.09 bits per heavy atom. The van der Waals surface area contributed by atoms with E-state index in [0.29, 0.717) is 5.02 Å². The zero-order valence-corrected chi connectivity index (χ0v) is 19.0. The van der Waals surface area contributed by atoms with Gasteiger partial charge in [0.15, 0.2) is 6.10 Å². The molecule has 3 aromatic carbocycles. The van der Waals surface area contributed by atoms with Crippen LogP contribution in [0.3, 0.4) is 0 Å². The lowest BCUT2D eigenvalue weighted by atomic mass is 10.2. The van der Waals surface area contributed by atoms with E-state index >= 15 is 0 Å². The molecule has 4 rings (SSSR count). The number of non-ortho nitro benzene ring substituents is 1. The largest absolute Gasteiger partial charge is 0.476 e. The highest BCUT2D eigenvalue weighted by Gasteiger charge is 2.37. The molecular formula is C21H15Cl2N3O6S. The Bertz CT molecular complexity index is 1350. The van der Waals surface area contributed by atoms with Crippen molar-refractivity contribution in [2.45, 2.75) is 11.0 Å². The lowest BCUT2D eigenvalue weighted by Gasteiger charge is -2.34. The Kier molecular flexibility index (Phi) is 6.15. The second-order valence-corrected chi connectivity index (χ2v) is 9.68. The van der Waals surface area contributed by atoms with Crippen molar-refractivity contribution in [3.8, 4) is 5.75 Å². The molecule has 3 aromatic rings. The number of nitro benzene ring substituents is 1. The summed E-state index contributed by atoms with van der Waals surface area (Å²) in [5.74, 6) is -0.533. The van der Waals surface area contributed by atoms with Crippen molar-refractivity contribution in [2.24, 2.45) is 0 Å². The van der Waals surface area contributed by atoms with Crippen LogP contribution in [0.2, 0.25) is 10.0 Å². The van der Waals surface area contributed by atoms with Gasteiger partial charge in [0.2, 0.25) is 0 Å². The summed E-state index contributed by atoms with van der Waals surface area (Å²) in [7, 11) is -4.06. The smallest absolute Gasteiger partial charge is 0.271 e. The highest BCUT2D eigenvalue weighted by Crippen LogP contribution is 2.37. The molecule has 0 saturated carbocycles. The Morgan fingerprint density at radius 3 is 2.48 bits per heavy atom. The number of hydrogen-bond donors (Lipinski definition) is 1. The first-order valence-corrected chi connectivity index (χ1v) is 11.7. The normalized spacial score (nSPS) is 15.3. The standard InChI is InChI=1S/C21H15Cl2N3O6S/c22-13-5-8-15(9-6-13)33(30,31)25-12-20(32-19-4-2-1-3-18(19)25)21(27)24-17-11-14(26(28)29)7-10-16(17)23/h1-11,20H,12H2,(H,24,27)/t20-/m0/s1. The van der Waals surface area contributed by atoms with Crippen LogP contribution in [0.5, 0.6) is 5.75 Å². The number of sulfonamides is 1. The van der Waals surface area contributed by atoms with Crippen LogP contribution in [-0.4, -0.2) is 31.9 Å². The molecular weight excluding hydrogens is 493 g/mol. The van der Waals surface area contributed by atoms with Gasteiger partial charge in [-0.05, 0) is 42.5 Å². The molecule has 33 heavy (non-hydrogen) atoms. The first-order chi connectivity index (χ1) is 15.7. The molecule has 12 heteroatoms. The van der Waals surface area contributed by atoms with E-state index in [1.54, 1.807) is 24.3 Å². The molecule has 0 radical (unpaired) electrons. The predicted molar refractivity (Wildman–Crippen MR) is 124 cm³/mol. The minimum Gasteiger partial charge on any atom is -0.476 e. The van der Waals surface area contributed by atoms with Gasteiger partial charge in [-0.2, -0.15) is 0 Å². The number of carbonyl (C=O) groups is 1. The van der Waals surface area contributed by atoms with Crippen LogP contribution in [-0.2, 0) is 14.8 Å². The maximum absolute atomic E-state index is 13.4. The summed E-state index contributed by atoms with van der Waals surface area (Å²) in [6, 6.07) is 15.6. The van der Waals surface area contributed by atoms with Crippen LogP contribution in [0.15, 0.2) is 71.6 Å². The fraction of sp³-hybridized carbons (Fsp3) is 0.0952. The average Bonchev–Trinajstić information content (AvgIpc) is 2.79. The van der Waals surface area contributed by atoms with E-state index in [-0.39, 0.29) is 39.3 Å². The van der Waals surface area contributed by atoms with Gasteiger partial charge in [-0.1, -0.05) is 35.3 Å². The number of halogens is 2. The monoisotopic (exact) mass is 507 g/mol. The molecule has 0 spiro atoms. The minimum absolute atomic E-state index is 0.00503. The lowest BCUT2D eigenvalue weighted by molar-refractivity contribution is -0.384. The van der Waals surface area contributed by atoms with Crippen molar-refractivity contribution >= 4 is 56.2 Å². The third-order valence-electron chi connectivity index (χ3n) is 4.85. The van der Waals surface area contributed by atoms with E-state index in [4.69, 9.17) is 27.9 Å². The van der Waals surface area contributed by atoms with Crippen LogP contribution < -0.4 is 14.4 Å². The number of hydrogen-bond acceptors (Lipinski definition) is 6. The number of ether oxygens (including phenoxy) is 1. The lowest BCUT2D eigenvalue weighted by Crippen LogP contribution is -2.48. The van der Waals surface area contributed by atoms with E-state index < -0.39 is 27.0 Å². The number of benzene rings is 3. The number of nitro groups is 1. The van der Waals surface area contributed by atoms with Crippen molar-refractivity contribution in [3.05, 3.63) is 86.9 Å². The van der Waals surface area contributed by atoms with Crippen molar-refractivity contribution in [3.63, 3.8) is 0 Å². The Balaban J connectivity index is 1.67. The number of rotatable bonds is 5. The summed E-state index contributed by atoms with van der Waals surface area (Å²) in [4.78, 5) is 23.4. The second kappa shape index (κ2) is 8.89. The van der Waals surface area contributed by atoms with Gasteiger partial charge in [-0.3, -0.25) is 19.2 Å². The number of nitrogens with zero attached hydrogens (tertiary/aromatic N) is 2. The molecule has 0 aromatic heterocycles. The van der Waals surface area contributed by atoms with Gasteiger partial charge in [0, 0.05) is 17.2 Å². The molecule has 0 bridgehead atoms. The quantitative estimate of drug-likeness (QED) is 0.401. The molecule has 0 unspecified atom stereocenters. The first-order valence-electron chi connectivity index (χ1n) is 9.45. The van der Waals surface area contributed by atoms with Gasteiger partial charge >= 0.3 is 0 Å². The molecule has 0 fully saturated rings. The average molecular weight is 508 g/mol. The maximum Gasteiger partial charge on any atom is 0.271 e. The van der Waals surface area contributed by atoms with Crippen molar-refractivity contribution in [2.75, 3.05) is 16.2 Å². The maximum atomic E-state index is 13.4. The molecule has 1 aliphatic rings. The molecule has 1 amide bonds. The number of fused-ring (bicyclic) bond motifs is 1. The summed E-state index contributed by atoms with van der Waals surface area (Å²) in [5, 5.41) is 14.0. The van der Waals surface area contributed by atoms with Gasteiger partial charge in [-0.25, -0.2) is 8.42 Å². The van der Waals surface area contributed by atoms with Gasteiger partial charge in [0.05, 0.1) is 32.8 Å². The molecule has 1 N–H and O–H groups in total. The minimum atomic E-state index is -4.06. The van der Waals surface area contributed by atoms with Crippen LogP contribution in [0, 0.1) is 10.1 Å². The fourth-order valence-electron chi connectivity index (χ4n) is 3.24. The van der Waals surface area contributed by atoms with Crippen molar-refractivity contribution in [1.29, 1.82) is 0 Å². The predicted octanol–water partition coefficient (Wildman–Crippen LogP) is 4.50. The number of carbonyl (C=O) groups excluding carboxylic acids is 1. The fourth-order valence-corrected chi connectivity index (χ4v) is 5.00. The van der Waals surface area contributed by atoms with E-state index in [9.17, 15) is 23.3 Å². The van der Waals surface area contributed by atoms with Crippen molar-refractivity contribution in [1.82, 2.24) is 0 Å². The Morgan fingerprint density at radius 2 is 1.79 bits per heavy atom. The van der Waals surface area contributed by atoms with E-state index in [1.165, 1.54) is 36.4 Å². The Hall–Kier alpha value is -3.34. The number of amides is 1. The molecule has 9 nitrogen and oxygen atoms in total. The van der Waals surface area contributed by atoms with Gasteiger partial charge in [-0.15, -0.1) is 0 Å². The summed E-state index contributed by atoms with van der Waals surface area (Å²) in [5.41, 5.74) is 0.00636. The third kappa shape index (κ3) is 4.58. The van der Waals surface area contributed by atoms with Gasteiger partial charge in [0.1, 0.15) is 5.75 Å². The zero-order valence-electron chi connectivity index (χ0n) is 16.6. The molecule has 1 aliphatic heterocycles. The molecule has 0 saturated heterocycles. The molecule has 1 atom stereocenters. The zero-order chi connectivity index (χ0) is 23.8. The number of nitrogens with one attached hydrogen (secondary N) is 1. The molecule has 170 valence electrons. The van der Waals surface area contributed by atoms with E-state index in [1.807, 2.05) is 0 Å². The number of para-hydroxylation sites is 2. The van der Waals surface area contributed by atoms with Crippen LogP contribution in [0.25, 0.3) is 0 Å². The Labute approximate surface area is 198 Å². The van der Waals surface area contributed by atoms with Crippen LogP contribution in [0.4, 0.5) is 17.1 Å². The van der Waals surface area contributed by atoms with Crippen molar-refractivity contribution < 1.29 is 22.9 Å². The summed E-state index contributed by atoms with van der Waals surface area (Å²) in [6.07, 6.45) is -1.25. The van der Waals surface area contributed by atoms with Gasteiger partial charge in [0.25, 0.3) is 21.6 Å². The number of anilines is 2. The highest BCUT2D eigenvalue weighted by molar-refractivity contribution is 7.92. The van der Waals surface area contributed by atoms with Crippen LogP contribution >= 0.6 is 23.2 Å². The van der Waals surface area contributed by atoms with E-state index in [2.05, 4.69) is 5.32 Å². The molecule has 1 heterocycles. The van der Waals surface area contributed by atoms with E-state index in [0.717, 1.165) is 10.4 Å². The highest BCUT2D eigenvalue weighted by atomic mass is 35.5. The van der Waals surface area contributed by atoms with Crippen LogP contribution in [0.1, 0.15) is 0 Å². The first kappa shape index (κ1) is 22.8. The SMILES string of the molecule is O=C(Nc1cc([N+](=O)[O-])ccc1Cl)[C@@H]1CN(S(=O)(=O)c2ccc(Cl)cc2)c2ccccc2O1. The second-order valence-electron chi connectivity index (χ2n) is 6.97. The summed E-state index contributed by atoms with van der Waals surface area (Å²) < 4.78 is 33.5. The molecule has 0 aliphatic carbocycles. The topological polar surface area (TPSA) is 119 Å². The summed E-state index contributed by atoms with van der Waals surface area (Å²) >= 11 is 11.9. The third-order valence-corrected chi connectivity index (χ3v) is 7.22.